The molecule has 1 atom stereocenters. The monoisotopic (exact) mass is 443 g/mol. The van der Waals surface area contributed by atoms with Gasteiger partial charge >= 0.3 is 0 Å². The summed E-state index contributed by atoms with van der Waals surface area (Å²) in [6.07, 6.45) is 0. The molecule has 6 heteroatoms. The van der Waals surface area contributed by atoms with Gasteiger partial charge in [0.15, 0.2) is 0 Å². The number of carbonyl (C=O) groups excluding carboxylic acids is 3. The lowest BCUT2D eigenvalue weighted by Gasteiger charge is -2.31. The van der Waals surface area contributed by atoms with Crippen LogP contribution in [0.5, 0.6) is 0 Å². The van der Waals surface area contributed by atoms with Crippen molar-refractivity contribution in [2.24, 2.45) is 0 Å². The van der Waals surface area contributed by atoms with Gasteiger partial charge in [-0.05, 0) is 50.8 Å². The summed E-state index contributed by atoms with van der Waals surface area (Å²) in [6, 6.07) is 18.5. The molecule has 0 saturated carbocycles. The number of nitrogens with one attached hydrogen (secondary N) is 1. The highest BCUT2D eigenvalue weighted by molar-refractivity contribution is 6.26. The average Bonchev–Trinajstić information content (AvgIpc) is 3.04. The van der Waals surface area contributed by atoms with Gasteiger partial charge < -0.3 is 10.2 Å². The van der Waals surface area contributed by atoms with E-state index in [9.17, 15) is 14.4 Å². The predicted octanol–water partition coefficient (Wildman–Crippen LogP) is 4.05. The number of benzene rings is 3. The Hall–Kier alpha value is -3.67. The molecule has 3 aromatic carbocycles. The SMILES string of the molecule is Cc1cccc(CN(C(=O)CN2C(=O)c3cccc4cccc2c34)[C@H](C)C(=O)NC(C)C)c1. The van der Waals surface area contributed by atoms with E-state index in [-0.39, 0.29) is 36.9 Å². The summed E-state index contributed by atoms with van der Waals surface area (Å²) in [5.41, 5.74) is 3.35. The lowest BCUT2D eigenvalue weighted by molar-refractivity contribution is -0.139. The molecular formula is C27H29N3O3. The first-order valence-corrected chi connectivity index (χ1v) is 11.2. The highest BCUT2D eigenvalue weighted by Crippen LogP contribution is 2.37. The smallest absolute Gasteiger partial charge is 0.259 e. The molecule has 0 fully saturated rings. The Morgan fingerprint density at radius 1 is 1.00 bits per heavy atom. The van der Waals surface area contributed by atoms with Gasteiger partial charge in [-0.2, -0.15) is 0 Å². The van der Waals surface area contributed by atoms with Crippen LogP contribution < -0.4 is 10.2 Å². The summed E-state index contributed by atoms with van der Waals surface area (Å²) in [5.74, 6) is -0.685. The highest BCUT2D eigenvalue weighted by atomic mass is 16.2. The summed E-state index contributed by atoms with van der Waals surface area (Å²) in [6.45, 7) is 7.65. The van der Waals surface area contributed by atoms with Crippen LogP contribution in [0.4, 0.5) is 5.69 Å². The molecule has 0 aromatic heterocycles. The fraction of sp³-hybridized carbons (Fsp3) is 0.296. The lowest BCUT2D eigenvalue weighted by Crippen LogP contribution is -2.51. The molecule has 0 aliphatic carbocycles. The van der Waals surface area contributed by atoms with Crippen molar-refractivity contribution in [2.75, 3.05) is 11.4 Å². The predicted molar refractivity (Wildman–Crippen MR) is 130 cm³/mol. The molecule has 1 heterocycles. The zero-order valence-electron chi connectivity index (χ0n) is 19.5. The van der Waals surface area contributed by atoms with E-state index < -0.39 is 6.04 Å². The second kappa shape index (κ2) is 9.06. The maximum absolute atomic E-state index is 13.6. The van der Waals surface area contributed by atoms with Gasteiger partial charge in [-0.15, -0.1) is 0 Å². The molecular weight excluding hydrogens is 414 g/mol. The molecule has 0 unspecified atom stereocenters. The van der Waals surface area contributed by atoms with Crippen LogP contribution >= 0.6 is 0 Å². The van der Waals surface area contributed by atoms with E-state index in [1.165, 1.54) is 4.90 Å². The van der Waals surface area contributed by atoms with Gasteiger partial charge in [0.2, 0.25) is 11.8 Å². The topological polar surface area (TPSA) is 69.7 Å². The summed E-state index contributed by atoms with van der Waals surface area (Å²) in [4.78, 5) is 42.6. The minimum absolute atomic E-state index is 0.0388. The Morgan fingerprint density at radius 2 is 1.70 bits per heavy atom. The second-order valence-corrected chi connectivity index (χ2v) is 8.92. The van der Waals surface area contributed by atoms with E-state index in [0.29, 0.717) is 5.56 Å². The highest BCUT2D eigenvalue weighted by Gasteiger charge is 2.34. The Kier molecular flexibility index (Phi) is 6.18. The third kappa shape index (κ3) is 4.46. The van der Waals surface area contributed by atoms with E-state index in [4.69, 9.17) is 0 Å². The first-order valence-electron chi connectivity index (χ1n) is 11.2. The number of aryl methyl sites for hydroxylation is 1. The van der Waals surface area contributed by atoms with Crippen molar-refractivity contribution in [1.29, 1.82) is 0 Å². The van der Waals surface area contributed by atoms with Gasteiger partial charge in [0, 0.05) is 23.5 Å². The van der Waals surface area contributed by atoms with Crippen molar-refractivity contribution >= 4 is 34.2 Å². The molecule has 1 aliphatic rings. The molecule has 4 rings (SSSR count). The fourth-order valence-electron chi connectivity index (χ4n) is 4.36. The van der Waals surface area contributed by atoms with Gasteiger partial charge in [0.1, 0.15) is 12.6 Å². The number of amides is 3. The fourth-order valence-corrected chi connectivity index (χ4v) is 4.36. The third-order valence-electron chi connectivity index (χ3n) is 5.98. The third-order valence-corrected chi connectivity index (χ3v) is 5.98. The van der Waals surface area contributed by atoms with Crippen LogP contribution in [0.3, 0.4) is 0 Å². The Balaban J connectivity index is 1.63. The molecule has 33 heavy (non-hydrogen) atoms. The second-order valence-electron chi connectivity index (χ2n) is 8.92. The molecule has 3 amide bonds. The van der Waals surface area contributed by atoms with Crippen LogP contribution in [0.15, 0.2) is 60.7 Å². The summed E-state index contributed by atoms with van der Waals surface area (Å²) >= 11 is 0. The summed E-state index contributed by atoms with van der Waals surface area (Å²) in [7, 11) is 0. The van der Waals surface area contributed by atoms with Gasteiger partial charge in [0.05, 0.1) is 5.69 Å². The van der Waals surface area contributed by atoms with E-state index in [0.717, 1.165) is 27.6 Å². The molecule has 3 aromatic rings. The molecule has 6 nitrogen and oxygen atoms in total. The number of anilines is 1. The normalized spacial score (nSPS) is 13.5. The number of nitrogens with zero attached hydrogens (tertiary/aromatic N) is 2. The van der Waals surface area contributed by atoms with Crippen molar-refractivity contribution < 1.29 is 14.4 Å². The van der Waals surface area contributed by atoms with Crippen molar-refractivity contribution in [3.8, 4) is 0 Å². The average molecular weight is 444 g/mol. The van der Waals surface area contributed by atoms with Crippen molar-refractivity contribution in [2.45, 2.75) is 46.3 Å². The first-order chi connectivity index (χ1) is 15.8. The van der Waals surface area contributed by atoms with Crippen molar-refractivity contribution in [3.63, 3.8) is 0 Å². The maximum Gasteiger partial charge on any atom is 0.259 e. The Bertz CT molecular complexity index is 1230. The van der Waals surface area contributed by atoms with Crippen LogP contribution in [-0.2, 0) is 16.1 Å². The molecule has 1 aliphatic heterocycles. The standard InChI is InChI=1S/C27H29N3O3/c1-17(2)28-26(32)19(4)29(15-20-9-5-8-18(3)14-20)24(31)16-30-23-13-7-11-21-10-6-12-22(25(21)23)27(30)33/h5-14,17,19H,15-16H2,1-4H3,(H,28,32)/t19-/m1/s1. The van der Waals surface area contributed by atoms with Gasteiger partial charge in [-0.25, -0.2) is 0 Å². The quantitative estimate of drug-likeness (QED) is 0.599. The number of rotatable bonds is 7. The maximum atomic E-state index is 13.6. The van der Waals surface area contributed by atoms with Gasteiger partial charge in [-0.3, -0.25) is 19.3 Å². The van der Waals surface area contributed by atoms with E-state index in [2.05, 4.69) is 5.32 Å². The van der Waals surface area contributed by atoms with E-state index in [1.807, 2.05) is 75.4 Å². The number of hydrogen-bond acceptors (Lipinski definition) is 3. The van der Waals surface area contributed by atoms with Crippen LogP contribution in [0.2, 0.25) is 0 Å². The molecule has 0 saturated heterocycles. The summed E-state index contributed by atoms with van der Waals surface area (Å²) < 4.78 is 0. The number of carbonyl (C=O) groups is 3. The zero-order chi connectivity index (χ0) is 23.7. The lowest BCUT2D eigenvalue weighted by atomic mass is 10.1. The molecule has 0 bridgehead atoms. The Labute approximate surface area is 194 Å². The van der Waals surface area contributed by atoms with Crippen LogP contribution in [0, 0.1) is 6.92 Å². The minimum atomic E-state index is -0.684. The van der Waals surface area contributed by atoms with Crippen LogP contribution in [0.1, 0.15) is 42.3 Å². The zero-order valence-corrected chi connectivity index (χ0v) is 19.5. The first kappa shape index (κ1) is 22.5. The largest absolute Gasteiger partial charge is 0.352 e. The minimum Gasteiger partial charge on any atom is -0.352 e. The number of hydrogen-bond donors (Lipinski definition) is 1. The van der Waals surface area contributed by atoms with E-state index >= 15 is 0 Å². The van der Waals surface area contributed by atoms with Crippen molar-refractivity contribution in [3.05, 3.63) is 77.4 Å². The van der Waals surface area contributed by atoms with Gasteiger partial charge in [0.25, 0.3) is 5.91 Å². The molecule has 170 valence electrons. The summed E-state index contributed by atoms with van der Waals surface area (Å²) in [5, 5.41) is 4.73. The van der Waals surface area contributed by atoms with Crippen molar-refractivity contribution in [1.82, 2.24) is 10.2 Å². The molecule has 0 spiro atoms. The molecule has 0 radical (unpaired) electrons. The van der Waals surface area contributed by atoms with E-state index in [1.54, 1.807) is 17.9 Å². The molecule has 1 N–H and O–H groups in total. The Morgan fingerprint density at radius 3 is 2.39 bits per heavy atom. The van der Waals surface area contributed by atoms with Crippen LogP contribution in [-0.4, -0.2) is 41.2 Å². The van der Waals surface area contributed by atoms with Gasteiger partial charge in [-0.1, -0.05) is 54.1 Å². The van der Waals surface area contributed by atoms with Crippen LogP contribution in [0.25, 0.3) is 10.8 Å².